The van der Waals surface area contributed by atoms with Crippen molar-refractivity contribution in [3.8, 4) is 5.75 Å². The van der Waals surface area contributed by atoms with Crippen LogP contribution in [0.15, 0.2) is 51.0 Å². The first-order chi connectivity index (χ1) is 18.8. The molecule has 1 saturated heterocycles. The second-order valence-corrected chi connectivity index (χ2v) is 12.5. The molecule has 1 aromatic heterocycles. The molecule has 0 radical (unpaired) electrons. The molecular formula is C25H35FN3O9PS. The van der Waals surface area contributed by atoms with Crippen LogP contribution in [0.4, 0.5) is 4.39 Å². The van der Waals surface area contributed by atoms with Gasteiger partial charge in [0.05, 0.1) is 12.7 Å². The molecule has 1 aromatic carbocycles. The minimum atomic E-state index is -4.35. The number of halogens is 1. The molecule has 3 N–H and O–H groups in total. The fourth-order valence-corrected chi connectivity index (χ4v) is 6.07. The number of H-pyrrole nitrogens is 1. The lowest BCUT2D eigenvalue weighted by atomic mass is 9.98. The molecule has 0 bridgehead atoms. The van der Waals surface area contributed by atoms with Crippen LogP contribution in [0.3, 0.4) is 0 Å². The number of hydrogen-bond acceptors (Lipinski definition) is 10. The summed E-state index contributed by atoms with van der Waals surface area (Å²) in [7, 11) is -4.35. The largest absolute Gasteiger partial charge is 0.462 e. The van der Waals surface area contributed by atoms with Crippen molar-refractivity contribution in [3.05, 3.63) is 57.4 Å². The van der Waals surface area contributed by atoms with E-state index in [0.717, 1.165) is 40.8 Å². The molecule has 0 amide bonds. The first kappa shape index (κ1) is 32.0. The van der Waals surface area contributed by atoms with E-state index in [0.29, 0.717) is 0 Å². The summed E-state index contributed by atoms with van der Waals surface area (Å²) in [6, 6.07) is 6.62. The van der Waals surface area contributed by atoms with E-state index in [-0.39, 0.29) is 5.75 Å². The zero-order valence-electron chi connectivity index (χ0n) is 22.9. The molecule has 15 heteroatoms. The molecule has 0 saturated carbocycles. The van der Waals surface area contributed by atoms with Crippen LogP contribution in [0.1, 0.15) is 47.3 Å². The summed E-state index contributed by atoms with van der Waals surface area (Å²) >= 11 is 1.64. The Labute approximate surface area is 235 Å². The number of rotatable bonds is 13. The van der Waals surface area contributed by atoms with Gasteiger partial charge < -0.3 is 19.1 Å². The maximum absolute atomic E-state index is 15.6. The third kappa shape index (κ3) is 8.05. The van der Waals surface area contributed by atoms with Gasteiger partial charge in [0.1, 0.15) is 24.0 Å². The summed E-state index contributed by atoms with van der Waals surface area (Å²) < 4.78 is 52.1. The highest BCUT2D eigenvalue weighted by Crippen LogP contribution is 2.47. The van der Waals surface area contributed by atoms with Crippen molar-refractivity contribution < 1.29 is 37.4 Å². The maximum Gasteiger partial charge on any atom is 0.459 e. The smallest absolute Gasteiger partial charge is 0.459 e. The Balaban J connectivity index is 1.80. The van der Waals surface area contributed by atoms with Gasteiger partial charge in [0.2, 0.25) is 0 Å². The normalized spacial score (nSPS) is 24.9. The van der Waals surface area contributed by atoms with Crippen molar-refractivity contribution in [1.29, 1.82) is 0 Å². The second kappa shape index (κ2) is 13.5. The molecule has 1 aliphatic heterocycles. The highest BCUT2D eigenvalue weighted by molar-refractivity contribution is 7.99. The Morgan fingerprint density at radius 1 is 1.27 bits per heavy atom. The first-order valence-corrected chi connectivity index (χ1v) is 15.3. The zero-order chi connectivity index (χ0) is 29.7. The highest BCUT2D eigenvalue weighted by atomic mass is 32.2. The number of thioether (sulfide) groups is 1. The molecular weight excluding hydrogens is 568 g/mol. The third-order valence-corrected chi connectivity index (χ3v) is 8.67. The number of carbonyl (C=O) groups is 1. The molecule has 0 spiro atoms. The summed E-state index contributed by atoms with van der Waals surface area (Å²) in [5.41, 5.74) is -4.12. The van der Waals surface area contributed by atoms with Crippen LogP contribution in [0.5, 0.6) is 5.75 Å². The Bertz CT molecular complexity index is 1320. The lowest BCUT2D eigenvalue weighted by Crippen LogP contribution is -2.43. The van der Waals surface area contributed by atoms with Gasteiger partial charge in [-0.1, -0.05) is 6.92 Å². The minimum Gasteiger partial charge on any atom is -0.462 e. The van der Waals surface area contributed by atoms with Crippen molar-refractivity contribution in [3.63, 3.8) is 0 Å². The van der Waals surface area contributed by atoms with E-state index in [1.165, 1.54) is 6.92 Å². The van der Waals surface area contributed by atoms with E-state index < -0.39 is 67.8 Å². The van der Waals surface area contributed by atoms with Crippen LogP contribution in [0.25, 0.3) is 0 Å². The van der Waals surface area contributed by atoms with E-state index in [9.17, 15) is 24.1 Å². The molecule has 0 unspecified atom stereocenters. The number of nitrogens with one attached hydrogen (secondary N) is 2. The van der Waals surface area contributed by atoms with Gasteiger partial charge in [-0.25, -0.2) is 13.8 Å². The number of alkyl halides is 1. The number of aliphatic hydroxyl groups excluding tert-OH is 1. The number of nitrogens with zero attached hydrogens (tertiary/aromatic N) is 1. The number of ether oxygens (including phenoxy) is 2. The maximum atomic E-state index is 15.6. The lowest BCUT2D eigenvalue weighted by Gasteiger charge is -2.25. The number of hydrogen-bond donors (Lipinski definition) is 3. The quantitative estimate of drug-likeness (QED) is 0.175. The van der Waals surface area contributed by atoms with Gasteiger partial charge in [0, 0.05) is 17.2 Å². The molecule has 6 atom stereocenters. The number of esters is 1. The predicted molar refractivity (Wildman–Crippen MR) is 146 cm³/mol. The molecule has 1 fully saturated rings. The fraction of sp³-hybridized carbons (Fsp3) is 0.560. The fourth-order valence-electron chi connectivity index (χ4n) is 3.80. The molecule has 222 valence electrons. The summed E-state index contributed by atoms with van der Waals surface area (Å²) in [6.45, 7) is 7.17. The zero-order valence-corrected chi connectivity index (χ0v) is 24.6. The van der Waals surface area contributed by atoms with Gasteiger partial charge in [-0.05, 0) is 64.1 Å². The topological polar surface area (TPSA) is 158 Å². The van der Waals surface area contributed by atoms with E-state index in [4.69, 9.17) is 18.5 Å². The third-order valence-electron chi connectivity index (χ3n) is 5.81. The summed E-state index contributed by atoms with van der Waals surface area (Å²) in [5, 5.41) is 13.2. The average Bonchev–Trinajstić information content (AvgIpc) is 3.10. The number of aromatic amines is 1. The number of aliphatic hydroxyl groups is 1. The lowest BCUT2D eigenvalue weighted by molar-refractivity contribution is -0.149. The summed E-state index contributed by atoms with van der Waals surface area (Å²) in [5.74, 6) is 0.379. The SMILES string of the molecule is CCCSc1ccc(O[P@](=O)(N[C@@H](C)C(=O)OC(C)C)OC[C@H]2O[C@@H](n3ccc(=O)[nH]c3=O)[C@](C)(F)[C@@H]2O)cc1. The van der Waals surface area contributed by atoms with Crippen molar-refractivity contribution in [1.82, 2.24) is 14.6 Å². The Morgan fingerprint density at radius 3 is 2.55 bits per heavy atom. The number of aromatic nitrogens is 2. The van der Waals surface area contributed by atoms with Crippen LogP contribution in [-0.4, -0.2) is 63.0 Å². The van der Waals surface area contributed by atoms with E-state index in [1.807, 2.05) is 4.98 Å². The van der Waals surface area contributed by atoms with Gasteiger partial charge in [-0.2, -0.15) is 5.09 Å². The van der Waals surface area contributed by atoms with Crippen molar-refractivity contribution in [2.75, 3.05) is 12.4 Å². The summed E-state index contributed by atoms with van der Waals surface area (Å²) in [4.78, 5) is 39.0. The van der Waals surface area contributed by atoms with Crippen molar-refractivity contribution in [2.24, 2.45) is 0 Å². The summed E-state index contributed by atoms with van der Waals surface area (Å²) in [6.07, 6.45) is -3.23. The van der Waals surface area contributed by atoms with Crippen LogP contribution < -0.4 is 20.9 Å². The van der Waals surface area contributed by atoms with Crippen molar-refractivity contribution in [2.45, 2.75) is 82.2 Å². The van der Waals surface area contributed by atoms with Crippen molar-refractivity contribution >= 4 is 25.5 Å². The van der Waals surface area contributed by atoms with Crippen LogP contribution >= 0.6 is 19.5 Å². The predicted octanol–water partition coefficient (Wildman–Crippen LogP) is 3.16. The number of benzene rings is 1. The van der Waals surface area contributed by atoms with E-state index in [2.05, 4.69) is 12.0 Å². The molecule has 2 heterocycles. The first-order valence-electron chi connectivity index (χ1n) is 12.7. The Morgan fingerprint density at radius 2 is 1.95 bits per heavy atom. The van der Waals surface area contributed by atoms with Crippen LogP contribution in [0, 0.1) is 0 Å². The monoisotopic (exact) mass is 603 g/mol. The van der Waals surface area contributed by atoms with Crippen LogP contribution in [-0.2, 0) is 23.4 Å². The van der Waals surface area contributed by atoms with Gasteiger partial charge in [0.15, 0.2) is 11.9 Å². The molecule has 40 heavy (non-hydrogen) atoms. The standard InChI is InChI=1S/C25H35FN3O9PS/c1-6-13-40-18-9-7-17(8-10-18)38-39(34,28-16(4)22(32)36-15(2)3)35-14-19-21(31)25(5,26)23(37-19)29-12-11-20(30)27-24(29)33/h7-12,15-16,19,21,23,31H,6,13-14H2,1-5H3,(H,28,34)(H,27,30,33)/t16-,19+,21+,23+,25+,39-/m0/s1. The van der Waals surface area contributed by atoms with Gasteiger partial charge in [-0.15, -0.1) is 11.8 Å². The van der Waals surface area contributed by atoms with Gasteiger partial charge in [-0.3, -0.25) is 23.7 Å². The second-order valence-electron chi connectivity index (χ2n) is 9.68. The highest BCUT2D eigenvalue weighted by Gasteiger charge is 2.56. The van der Waals surface area contributed by atoms with Crippen LogP contribution in [0.2, 0.25) is 0 Å². The van der Waals surface area contributed by atoms with Gasteiger partial charge >= 0.3 is 19.4 Å². The molecule has 1 aliphatic rings. The number of carbonyl (C=O) groups excluding carboxylic acids is 1. The molecule has 12 nitrogen and oxygen atoms in total. The van der Waals surface area contributed by atoms with Gasteiger partial charge in [0.25, 0.3) is 5.56 Å². The average molecular weight is 604 g/mol. The van der Waals surface area contributed by atoms with E-state index >= 15 is 4.39 Å². The molecule has 2 aromatic rings. The Hall–Kier alpha value is -2.48. The van der Waals surface area contributed by atoms with E-state index in [1.54, 1.807) is 49.9 Å². The minimum absolute atomic E-state index is 0.169. The Kier molecular flexibility index (Phi) is 10.8. The molecule has 3 rings (SSSR count). The molecule has 0 aliphatic carbocycles.